The second-order valence-corrected chi connectivity index (χ2v) is 9.30. The van der Waals surface area contributed by atoms with Gasteiger partial charge in [0.1, 0.15) is 5.75 Å². The van der Waals surface area contributed by atoms with Gasteiger partial charge in [-0.05, 0) is 42.0 Å². The number of nitrogens with zero attached hydrogens (tertiary/aromatic N) is 2. The van der Waals surface area contributed by atoms with Crippen LogP contribution in [0.15, 0.2) is 51.7 Å². The summed E-state index contributed by atoms with van der Waals surface area (Å²) in [4.78, 5) is 16.5. The molecule has 1 N–H and O–H groups in total. The predicted molar refractivity (Wildman–Crippen MR) is 111 cm³/mol. The summed E-state index contributed by atoms with van der Waals surface area (Å²) >= 11 is 1.49. The normalized spacial score (nSPS) is 17.1. The minimum atomic E-state index is -3.63. The predicted octanol–water partition coefficient (Wildman–Crippen LogP) is 3.10. The molecule has 0 amide bonds. The number of aromatic amines is 1. The van der Waals surface area contributed by atoms with Gasteiger partial charge in [-0.1, -0.05) is 6.07 Å². The van der Waals surface area contributed by atoms with Crippen molar-refractivity contribution < 1.29 is 13.2 Å². The molecule has 4 rings (SSSR count). The number of ether oxygens (including phenoxy) is 1. The fraction of sp³-hybridized carbons (Fsp3) is 0.263. The first-order valence-corrected chi connectivity index (χ1v) is 11.5. The molecule has 1 atom stereocenters. The van der Waals surface area contributed by atoms with Crippen LogP contribution in [0.2, 0.25) is 0 Å². The summed E-state index contributed by atoms with van der Waals surface area (Å²) in [5.41, 5.74) is 1.35. The zero-order valence-electron chi connectivity index (χ0n) is 15.4. The van der Waals surface area contributed by atoms with Gasteiger partial charge in [-0.25, -0.2) is 8.42 Å². The van der Waals surface area contributed by atoms with Gasteiger partial charge in [0, 0.05) is 18.1 Å². The fourth-order valence-electron chi connectivity index (χ4n) is 3.32. The number of nitrogens with one attached hydrogen (secondary N) is 1. The molecule has 1 aliphatic rings. The maximum absolute atomic E-state index is 12.8. The van der Waals surface area contributed by atoms with Crippen molar-refractivity contribution in [1.82, 2.24) is 9.40 Å². The van der Waals surface area contributed by atoms with Crippen LogP contribution in [-0.4, -0.2) is 36.4 Å². The molecule has 3 aromatic rings. The highest BCUT2D eigenvalue weighted by molar-refractivity contribution is 7.88. The Morgan fingerprint density at radius 2 is 2.14 bits per heavy atom. The number of fused-ring (bicyclic) bond motifs is 1. The van der Waals surface area contributed by atoms with Crippen LogP contribution >= 0.6 is 11.3 Å². The molecular formula is C19H19N3O4S2. The molecule has 28 heavy (non-hydrogen) atoms. The third kappa shape index (κ3) is 3.43. The van der Waals surface area contributed by atoms with E-state index in [1.165, 1.54) is 11.3 Å². The summed E-state index contributed by atoms with van der Waals surface area (Å²) in [5.74, 6) is 0.667. The van der Waals surface area contributed by atoms with E-state index in [-0.39, 0.29) is 5.56 Å². The molecular weight excluding hydrogens is 398 g/mol. The molecule has 0 saturated carbocycles. The fourth-order valence-corrected chi connectivity index (χ4v) is 4.94. The van der Waals surface area contributed by atoms with Gasteiger partial charge in [0.25, 0.3) is 5.56 Å². The Morgan fingerprint density at radius 1 is 1.32 bits per heavy atom. The Labute approximate surface area is 166 Å². The smallest absolute Gasteiger partial charge is 0.253 e. The summed E-state index contributed by atoms with van der Waals surface area (Å²) < 4.78 is 31.2. The highest BCUT2D eigenvalue weighted by Gasteiger charge is 2.36. The number of aromatic nitrogens is 1. The highest BCUT2D eigenvalue weighted by atomic mass is 32.2. The molecule has 146 valence electrons. The van der Waals surface area contributed by atoms with Crippen molar-refractivity contribution in [2.24, 2.45) is 5.10 Å². The number of rotatable bonds is 5. The lowest BCUT2D eigenvalue weighted by molar-refractivity contribution is 0.340. The molecule has 0 bridgehead atoms. The van der Waals surface area contributed by atoms with E-state index >= 15 is 0 Å². The van der Waals surface area contributed by atoms with Crippen molar-refractivity contribution in [1.29, 1.82) is 0 Å². The summed E-state index contributed by atoms with van der Waals surface area (Å²) in [7, 11) is -3.63. The first kappa shape index (κ1) is 18.7. The van der Waals surface area contributed by atoms with E-state index in [2.05, 4.69) is 10.1 Å². The Morgan fingerprint density at radius 3 is 2.82 bits per heavy atom. The van der Waals surface area contributed by atoms with Gasteiger partial charge in [-0.2, -0.15) is 9.52 Å². The van der Waals surface area contributed by atoms with Crippen LogP contribution in [0.4, 0.5) is 0 Å². The van der Waals surface area contributed by atoms with Gasteiger partial charge in [0.15, 0.2) is 0 Å². The highest BCUT2D eigenvalue weighted by Crippen LogP contribution is 2.35. The molecule has 0 spiro atoms. The molecule has 9 heteroatoms. The first-order valence-electron chi connectivity index (χ1n) is 8.77. The van der Waals surface area contributed by atoms with Gasteiger partial charge in [0.2, 0.25) is 10.0 Å². The van der Waals surface area contributed by atoms with E-state index in [4.69, 9.17) is 4.74 Å². The summed E-state index contributed by atoms with van der Waals surface area (Å²) in [6.07, 6.45) is 1.45. The number of hydrazone groups is 1. The zero-order chi connectivity index (χ0) is 19.9. The Bertz CT molecular complexity index is 1210. The molecule has 0 aliphatic carbocycles. The van der Waals surface area contributed by atoms with Gasteiger partial charge in [-0.3, -0.25) is 4.79 Å². The van der Waals surface area contributed by atoms with Crippen LogP contribution in [0.5, 0.6) is 5.75 Å². The lowest BCUT2D eigenvalue weighted by Crippen LogP contribution is -2.30. The van der Waals surface area contributed by atoms with E-state index < -0.39 is 16.1 Å². The van der Waals surface area contributed by atoms with Gasteiger partial charge in [-0.15, -0.1) is 11.3 Å². The standard InChI is InChI=1S/C19H19N3O4S2/c1-3-26-13-7-6-12-9-14(19(23)20-15(12)10-13)17-11-16(18-5-4-8-27-18)21-22(17)28(2,24)25/h4-10,17H,3,11H2,1-2H3,(H,20,23)/t17-/m0/s1. The second-order valence-electron chi connectivity index (χ2n) is 6.52. The lowest BCUT2D eigenvalue weighted by Gasteiger charge is -2.21. The second kappa shape index (κ2) is 7.06. The van der Waals surface area contributed by atoms with Crippen molar-refractivity contribution in [2.75, 3.05) is 12.9 Å². The number of pyridine rings is 1. The molecule has 0 radical (unpaired) electrons. The summed E-state index contributed by atoms with van der Waals surface area (Å²) in [5, 5.41) is 7.03. The van der Waals surface area contributed by atoms with Gasteiger partial charge >= 0.3 is 0 Å². The van der Waals surface area contributed by atoms with Crippen molar-refractivity contribution in [2.45, 2.75) is 19.4 Å². The van der Waals surface area contributed by atoms with Crippen molar-refractivity contribution in [3.8, 4) is 5.75 Å². The van der Waals surface area contributed by atoms with Crippen LogP contribution in [0.25, 0.3) is 10.9 Å². The molecule has 0 fully saturated rings. The average Bonchev–Trinajstić information content (AvgIpc) is 3.30. The van der Waals surface area contributed by atoms with E-state index in [0.29, 0.717) is 35.6 Å². The maximum Gasteiger partial charge on any atom is 0.253 e. The van der Waals surface area contributed by atoms with E-state index in [1.807, 2.05) is 36.6 Å². The van der Waals surface area contributed by atoms with Gasteiger partial charge in [0.05, 0.1) is 35.0 Å². The van der Waals surface area contributed by atoms with Crippen LogP contribution in [-0.2, 0) is 10.0 Å². The van der Waals surface area contributed by atoms with E-state index in [0.717, 1.165) is 20.9 Å². The summed E-state index contributed by atoms with van der Waals surface area (Å²) in [6.45, 7) is 2.42. The Balaban J connectivity index is 1.78. The van der Waals surface area contributed by atoms with E-state index in [1.54, 1.807) is 12.1 Å². The number of sulfonamides is 1. The third-order valence-corrected chi connectivity index (χ3v) is 6.47. The lowest BCUT2D eigenvalue weighted by atomic mass is 10.0. The number of thiophene rings is 1. The molecule has 1 aliphatic heterocycles. The zero-order valence-corrected chi connectivity index (χ0v) is 17.0. The number of hydrogen-bond acceptors (Lipinski definition) is 6. The van der Waals surface area contributed by atoms with Crippen LogP contribution in [0, 0.1) is 0 Å². The van der Waals surface area contributed by atoms with Gasteiger partial charge < -0.3 is 9.72 Å². The molecule has 0 unspecified atom stereocenters. The first-order chi connectivity index (χ1) is 13.4. The SMILES string of the molecule is CCOc1ccc2cc([C@@H]3CC(c4cccs4)=NN3S(C)(=O)=O)c(=O)[nH]c2c1. The number of hydrogen-bond donors (Lipinski definition) is 1. The van der Waals surface area contributed by atoms with E-state index in [9.17, 15) is 13.2 Å². The van der Waals surface area contributed by atoms with Crippen LogP contribution < -0.4 is 10.3 Å². The molecule has 2 aromatic heterocycles. The Hall–Kier alpha value is -2.65. The largest absolute Gasteiger partial charge is 0.494 e. The minimum absolute atomic E-state index is 0.331. The Kier molecular flexibility index (Phi) is 4.72. The average molecular weight is 418 g/mol. The number of benzene rings is 1. The quantitative estimate of drug-likeness (QED) is 0.690. The van der Waals surface area contributed by atoms with Crippen molar-refractivity contribution in [3.05, 3.63) is 62.6 Å². The monoisotopic (exact) mass is 417 g/mol. The maximum atomic E-state index is 12.8. The topological polar surface area (TPSA) is 91.8 Å². The van der Waals surface area contributed by atoms with Crippen molar-refractivity contribution in [3.63, 3.8) is 0 Å². The third-order valence-electron chi connectivity index (χ3n) is 4.53. The van der Waals surface area contributed by atoms with Crippen LogP contribution in [0.1, 0.15) is 29.8 Å². The molecule has 3 heterocycles. The molecule has 1 aromatic carbocycles. The van der Waals surface area contributed by atoms with Crippen LogP contribution in [0.3, 0.4) is 0 Å². The van der Waals surface area contributed by atoms with Crippen molar-refractivity contribution >= 4 is 38.0 Å². The summed E-state index contributed by atoms with van der Waals surface area (Å²) in [6, 6.07) is 10.3. The number of H-pyrrole nitrogens is 1. The molecule has 7 nitrogen and oxygen atoms in total. The minimum Gasteiger partial charge on any atom is -0.494 e. The molecule has 0 saturated heterocycles.